The van der Waals surface area contributed by atoms with Crippen LogP contribution < -0.4 is 0 Å². The Kier molecular flexibility index (Phi) is 35.9. The Balaban J connectivity index is 3.86. The summed E-state index contributed by atoms with van der Waals surface area (Å²) >= 11 is 0. The van der Waals surface area contributed by atoms with Gasteiger partial charge in [0, 0.05) is 12.8 Å². The van der Waals surface area contributed by atoms with E-state index in [0.717, 1.165) is 64.2 Å². The second-order valence-electron chi connectivity index (χ2n) is 11.3. The summed E-state index contributed by atoms with van der Waals surface area (Å²) in [5, 5.41) is 9.52. The maximum Gasteiger partial charge on any atom is 0.306 e. The molecule has 0 amide bonds. The van der Waals surface area contributed by atoms with Gasteiger partial charge in [0.1, 0.15) is 6.61 Å². The van der Waals surface area contributed by atoms with Crippen molar-refractivity contribution < 1.29 is 24.2 Å². The Bertz CT molecular complexity index is 1180. The average Bonchev–Trinajstić information content (AvgIpc) is 3.12. The molecule has 1 unspecified atom stereocenters. The summed E-state index contributed by atoms with van der Waals surface area (Å²) in [7, 11) is 0. The molecule has 0 rings (SSSR count). The highest BCUT2D eigenvalue weighted by Crippen LogP contribution is 2.05. The highest BCUT2D eigenvalue weighted by molar-refractivity contribution is 5.70. The standard InChI is InChI=1S/C45H64O5/c1-3-5-7-9-11-13-15-17-18-19-20-21-22-23-24-25-26-28-30-32-34-36-38-40-45(48)50-43(41-46)42-49-44(47)39-37-35-33-31-29-27-16-14-12-10-8-6-4-2/h5-8,10-14,16-18,20-21,23-24,26-29,31-34,43,46H,3-4,9,15,19,22,25,30,35-42H2,1-2H3/b7-5+,8-6+,12-10+,13-11+,16-14+,18-17+,21-20+,24-23+,28-26+,29-27+,33-31+,34-32+. The van der Waals surface area contributed by atoms with Crippen LogP contribution in [0.3, 0.4) is 0 Å². The molecule has 0 heterocycles. The average molecular weight is 685 g/mol. The largest absolute Gasteiger partial charge is 0.462 e. The van der Waals surface area contributed by atoms with Gasteiger partial charge in [0.25, 0.3) is 0 Å². The number of carbonyl (C=O) groups excluding carboxylic acids is 2. The van der Waals surface area contributed by atoms with E-state index >= 15 is 0 Å². The summed E-state index contributed by atoms with van der Waals surface area (Å²) in [6.45, 7) is 3.72. The maximum atomic E-state index is 12.1. The highest BCUT2D eigenvalue weighted by atomic mass is 16.6. The van der Waals surface area contributed by atoms with Gasteiger partial charge in [-0.3, -0.25) is 9.59 Å². The normalized spacial score (nSPS) is 13.9. The minimum absolute atomic E-state index is 0.138. The number of ether oxygens (including phenoxy) is 2. The fraction of sp³-hybridized carbons (Fsp3) is 0.422. The van der Waals surface area contributed by atoms with E-state index in [0.29, 0.717) is 12.8 Å². The predicted molar refractivity (Wildman–Crippen MR) is 214 cm³/mol. The van der Waals surface area contributed by atoms with E-state index in [2.05, 4.69) is 105 Å². The fourth-order valence-electron chi connectivity index (χ4n) is 4.04. The van der Waals surface area contributed by atoms with E-state index in [1.165, 1.54) is 0 Å². The molecule has 0 aromatic carbocycles. The fourth-order valence-corrected chi connectivity index (χ4v) is 4.04. The summed E-state index contributed by atoms with van der Waals surface area (Å²) in [6.07, 6.45) is 60.6. The SMILES string of the molecule is CC/C=C/C=C/C=C/C=C/C=C/CCCC(=O)OCC(CO)OC(=O)CCC/C=C/C/C=C/C/C=C/C/C=C/C/C=C/C/C=C/C/C=C/CC. The van der Waals surface area contributed by atoms with E-state index in [9.17, 15) is 14.7 Å². The lowest BCUT2D eigenvalue weighted by Gasteiger charge is -2.15. The lowest BCUT2D eigenvalue weighted by molar-refractivity contribution is -0.161. The molecule has 0 fully saturated rings. The van der Waals surface area contributed by atoms with Crippen molar-refractivity contribution in [2.24, 2.45) is 0 Å². The Labute approximate surface area is 304 Å². The van der Waals surface area contributed by atoms with Gasteiger partial charge in [-0.05, 0) is 77.0 Å². The molecule has 0 radical (unpaired) electrons. The lowest BCUT2D eigenvalue weighted by Crippen LogP contribution is -2.28. The molecule has 0 saturated heterocycles. The van der Waals surface area contributed by atoms with Crippen molar-refractivity contribution >= 4 is 11.9 Å². The van der Waals surface area contributed by atoms with Crippen molar-refractivity contribution in [1.29, 1.82) is 0 Å². The Morgan fingerprint density at radius 1 is 0.480 bits per heavy atom. The van der Waals surface area contributed by atoms with Gasteiger partial charge in [0.15, 0.2) is 6.10 Å². The third-order valence-electron chi connectivity index (χ3n) is 6.76. The second kappa shape index (κ2) is 39.2. The van der Waals surface area contributed by atoms with Gasteiger partial charge in [0.2, 0.25) is 0 Å². The van der Waals surface area contributed by atoms with Crippen LogP contribution in [0.15, 0.2) is 146 Å². The Morgan fingerprint density at radius 2 is 0.860 bits per heavy atom. The monoisotopic (exact) mass is 684 g/mol. The van der Waals surface area contributed by atoms with Crippen LogP contribution in [-0.4, -0.2) is 36.4 Å². The molecule has 0 saturated carbocycles. The minimum Gasteiger partial charge on any atom is -0.462 e. The molecule has 0 aliphatic heterocycles. The van der Waals surface area contributed by atoms with Crippen LogP contribution in [0.2, 0.25) is 0 Å². The number of aliphatic hydroxyl groups is 1. The molecule has 1 N–H and O–H groups in total. The van der Waals surface area contributed by atoms with Crippen LogP contribution in [0.25, 0.3) is 0 Å². The van der Waals surface area contributed by atoms with Crippen LogP contribution >= 0.6 is 0 Å². The second-order valence-corrected chi connectivity index (χ2v) is 11.3. The van der Waals surface area contributed by atoms with Gasteiger partial charge in [-0.15, -0.1) is 0 Å². The molecule has 0 aliphatic carbocycles. The number of hydrogen-bond donors (Lipinski definition) is 1. The first-order chi connectivity index (χ1) is 24.6. The first-order valence-electron chi connectivity index (χ1n) is 18.5. The quantitative estimate of drug-likeness (QED) is 0.0353. The zero-order valence-electron chi connectivity index (χ0n) is 30.8. The molecule has 5 nitrogen and oxygen atoms in total. The van der Waals surface area contributed by atoms with Crippen molar-refractivity contribution in [2.45, 2.75) is 110 Å². The molecule has 5 heteroatoms. The molecule has 274 valence electrons. The molecule has 0 spiro atoms. The Morgan fingerprint density at radius 3 is 1.32 bits per heavy atom. The van der Waals surface area contributed by atoms with E-state index < -0.39 is 12.1 Å². The smallest absolute Gasteiger partial charge is 0.306 e. The number of rotatable bonds is 30. The lowest BCUT2D eigenvalue weighted by atomic mass is 10.2. The van der Waals surface area contributed by atoms with Gasteiger partial charge < -0.3 is 14.6 Å². The zero-order chi connectivity index (χ0) is 36.4. The van der Waals surface area contributed by atoms with Gasteiger partial charge in [-0.1, -0.05) is 160 Å². The van der Waals surface area contributed by atoms with Crippen molar-refractivity contribution in [3.63, 3.8) is 0 Å². The number of allylic oxidation sites excluding steroid dienone is 24. The third-order valence-corrected chi connectivity index (χ3v) is 6.76. The molecule has 0 aromatic heterocycles. The van der Waals surface area contributed by atoms with Gasteiger partial charge in [-0.25, -0.2) is 0 Å². The van der Waals surface area contributed by atoms with E-state index in [1.807, 2.05) is 54.7 Å². The number of unbranched alkanes of at least 4 members (excludes halogenated alkanes) is 2. The highest BCUT2D eigenvalue weighted by Gasteiger charge is 2.15. The van der Waals surface area contributed by atoms with Crippen molar-refractivity contribution in [2.75, 3.05) is 13.2 Å². The van der Waals surface area contributed by atoms with E-state index in [4.69, 9.17) is 9.47 Å². The van der Waals surface area contributed by atoms with Gasteiger partial charge in [0.05, 0.1) is 6.61 Å². The van der Waals surface area contributed by atoms with Crippen LogP contribution in [-0.2, 0) is 19.1 Å². The first-order valence-corrected chi connectivity index (χ1v) is 18.5. The number of hydrogen-bond acceptors (Lipinski definition) is 5. The maximum absolute atomic E-state index is 12.1. The molecule has 0 bridgehead atoms. The van der Waals surface area contributed by atoms with Crippen LogP contribution in [0.4, 0.5) is 0 Å². The predicted octanol–water partition coefficient (Wildman–Crippen LogP) is 11.6. The molecule has 0 aromatic rings. The topological polar surface area (TPSA) is 72.8 Å². The summed E-state index contributed by atoms with van der Waals surface area (Å²) in [5.74, 6) is -0.768. The number of esters is 2. The number of carbonyl (C=O) groups is 2. The van der Waals surface area contributed by atoms with Crippen molar-refractivity contribution in [3.05, 3.63) is 146 Å². The zero-order valence-corrected chi connectivity index (χ0v) is 30.8. The molecular formula is C45H64O5. The van der Waals surface area contributed by atoms with Crippen LogP contribution in [0.1, 0.15) is 104 Å². The molecule has 50 heavy (non-hydrogen) atoms. The van der Waals surface area contributed by atoms with E-state index in [1.54, 1.807) is 0 Å². The minimum atomic E-state index is -0.842. The number of aliphatic hydroxyl groups excluding tert-OH is 1. The first kappa shape index (κ1) is 45.8. The van der Waals surface area contributed by atoms with Gasteiger partial charge in [-0.2, -0.15) is 0 Å². The van der Waals surface area contributed by atoms with Gasteiger partial charge >= 0.3 is 11.9 Å². The molecule has 0 aliphatic rings. The van der Waals surface area contributed by atoms with Crippen molar-refractivity contribution in [3.8, 4) is 0 Å². The van der Waals surface area contributed by atoms with Crippen molar-refractivity contribution in [1.82, 2.24) is 0 Å². The van der Waals surface area contributed by atoms with E-state index in [-0.39, 0.29) is 32.0 Å². The third kappa shape index (κ3) is 36.6. The Hall–Kier alpha value is -4.22. The molecule has 1 atom stereocenters. The summed E-state index contributed by atoms with van der Waals surface area (Å²) in [4.78, 5) is 24.1. The molecular weight excluding hydrogens is 620 g/mol. The van der Waals surface area contributed by atoms with Crippen LogP contribution in [0.5, 0.6) is 0 Å². The van der Waals surface area contributed by atoms with Crippen LogP contribution in [0, 0.1) is 0 Å². The summed E-state index contributed by atoms with van der Waals surface area (Å²) in [5.41, 5.74) is 0. The summed E-state index contributed by atoms with van der Waals surface area (Å²) in [6, 6.07) is 0. The summed E-state index contributed by atoms with van der Waals surface area (Å²) < 4.78 is 10.5.